The molecule has 0 aliphatic heterocycles. The van der Waals surface area contributed by atoms with Gasteiger partial charge in [-0.3, -0.25) is 14.4 Å². The minimum atomic E-state index is -0.929. The second-order valence-corrected chi connectivity index (χ2v) is 7.56. The fourth-order valence-corrected chi connectivity index (χ4v) is 2.96. The molecular weight excluding hydrogens is 448 g/mol. The smallest absolute Gasteiger partial charge is 0.329 e. The quantitative estimate of drug-likeness (QED) is 0.263. The summed E-state index contributed by atoms with van der Waals surface area (Å²) >= 11 is 0. The van der Waals surface area contributed by atoms with Crippen LogP contribution in [0.5, 0.6) is 11.5 Å². The van der Waals surface area contributed by atoms with E-state index >= 15 is 0 Å². The molecule has 35 heavy (non-hydrogen) atoms. The highest BCUT2D eigenvalue weighted by molar-refractivity contribution is 6.39. The summed E-state index contributed by atoms with van der Waals surface area (Å²) in [6.07, 6.45) is 1.38. The van der Waals surface area contributed by atoms with Gasteiger partial charge in [-0.1, -0.05) is 18.2 Å². The second kappa shape index (κ2) is 12.0. The van der Waals surface area contributed by atoms with Gasteiger partial charge in [-0.25, -0.2) is 5.43 Å². The second-order valence-electron chi connectivity index (χ2n) is 7.56. The van der Waals surface area contributed by atoms with Crippen LogP contribution in [0.4, 0.5) is 11.4 Å². The van der Waals surface area contributed by atoms with Crippen molar-refractivity contribution in [3.8, 4) is 11.5 Å². The number of ether oxygens (including phenoxy) is 2. The third-order valence-electron chi connectivity index (χ3n) is 4.98. The zero-order valence-electron chi connectivity index (χ0n) is 19.6. The topological polar surface area (TPSA) is 118 Å². The van der Waals surface area contributed by atoms with Crippen LogP contribution in [0, 0.1) is 13.8 Å². The van der Waals surface area contributed by atoms with E-state index in [1.165, 1.54) is 13.3 Å². The number of hydrogen-bond acceptors (Lipinski definition) is 6. The molecular formula is C26H26N4O5. The van der Waals surface area contributed by atoms with Crippen molar-refractivity contribution < 1.29 is 23.9 Å². The summed E-state index contributed by atoms with van der Waals surface area (Å²) in [6, 6.07) is 19.2. The van der Waals surface area contributed by atoms with Crippen molar-refractivity contribution in [3.05, 3.63) is 83.4 Å². The minimum Gasteiger partial charge on any atom is -0.495 e. The highest BCUT2D eigenvalue weighted by atomic mass is 16.5. The van der Waals surface area contributed by atoms with Crippen molar-refractivity contribution in [1.29, 1.82) is 0 Å². The predicted molar refractivity (Wildman–Crippen MR) is 134 cm³/mol. The maximum atomic E-state index is 12.1. The Hall–Kier alpha value is -4.66. The van der Waals surface area contributed by atoms with Crippen LogP contribution in [-0.4, -0.2) is 37.7 Å². The number of rotatable bonds is 8. The Kier molecular flexibility index (Phi) is 8.55. The van der Waals surface area contributed by atoms with Crippen LogP contribution in [0.1, 0.15) is 16.7 Å². The van der Waals surface area contributed by atoms with Gasteiger partial charge >= 0.3 is 11.8 Å². The molecule has 3 amide bonds. The van der Waals surface area contributed by atoms with E-state index in [-0.39, 0.29) is 12.5 Å². The summed E-state index contributed by atoms with van der Waals surface area (Å²) in [5, 5.41) is 9.05. The molecule has 3 N–H and O–H groups in total. The zero-order valence-corrected chi connectivity index (χ0v) is 19.6. The molecule has 0 radical (unpaired) electrons. The van der Waals surface area contributed by atoms with Gasteiger partial charge in [-0.15, -0.1) is 0 Å². The molecule has 0 aliphatic carbocycles. The van der Waals surface area contributed by atoms with Gasteiger partial charge in [-0.05, 0) is 79.1 Å². The average molecular weight is 475 g/mol. The first-order valence-corrected chi connectivity index (χ1v) is 10.7. The molecule has 9 nitrogen and oxygen atoms in total. The first-order chi connectivity index (χ1) is 16.9. The third kappa shape index (κ3) is 7.43. The Morgan fingerprint density at radius 2 is 1.63 bits per heavy atom. The molecule has 0 atom stereocenters. The number of carbonyl (C=O) groups is 3. The van der Waals surface area contributed by atoms with E-state index < -0.39 is 11.8 Å². The Morgan fingerprint density at radius 3 is 2.34 bits per heavy atom. The number of methoxy groups -OCH3 is 1. The summed E-state index contributed by atoms with van der Waals surface area (Å²) in [6.45, 7) is 3.85. The average Bonchev–Trinajstić information content (AvgIpc) is 2.86. The van der Waals surface area contributed by atoms with Crippen LogP contribution in [0.25, 0.3) is 0 Å². The number of nitrogens with zero attached hydrogens (tertiary/aromatic N) is 1. The van der Waals surface area contributed by atoms with Crippen molar-refractivity contribution in [2.75, 3.05) is 24.4 Å². The van der Waals surface area contributed by atoms with E-state index in [0.29, 0.717) is 28.4 Å². The van der Waals surface area contributed by atoms with E-state index in [1.807, 2.05) is 32.0 Å². The van der Waals surface area contributed by atoms with Crippen LogP contribution < -0.4 is 25.5 Å². The van der Waals surface area contributed by atoms with E-state index in [9.17, 15) is 14.4 Å². The van der Waals surface area contributed by atoms with E-state index in [2.05, 4.69) is 21.2 Å². The maximum Gasteiger partial charge on any atom is 0.329 e. The molecule has 3 aromatic carbocycles. The van der Waals surface area contributed by atoms with Gasteiger partial charge in [0.2, 0.25) is 0 Å². The van der Waals surface area contributed by atoms with Gasteiger partial charge in [0.25, 0.3) is 5.91 Å². The molecule has 3 rings (SSSR count). The highest BCUT2D eigenvalue weighted by Crippen LogP contribution is 2.22. The van der Waals surface area contributed by atoms with E-state index in [4.69, 9.17) is 9.47 Å². The van der Waals surface area contributed by atoms with Crippen molar-refractivity contribution in [3.63, 3.8) is 0 Å². The Bertz CT molecular complexity index is 1240. The molecule has 9 heteroatoms. The van der Waals surface area contributed by atoms with E-state index in [0.717, 1.165) is 11.1 Å². The lowest BCUT2D eigenvalue weighted by atomic mass is 10.1. The van der Waals surface area contributed by atoms with Gasteiger partial charge in [0.1, 0.15) is 11.5 Å². The number of amides is 3. The summed E-state index contributed by atoms with van der Waals surface area (Å²) in [5.74, 6) is -1.15. The summed E-state index contributed by atoms with van der Waals surface area (Å²) < 4.78 is 10.6. The minimum absolute atomic E-state index is 0.141. The van der Waals surface area contributed by atoms with Crippen LogP contribution >= 0.6 is 0 Å². The molecule has 0 aromatic heterocycles. The van der Waals surface area contributed by atoms with Crippen molar-refractivity contribution in [1.82, 2.24) is 5.43 Å². The Balaban J connectivity index is 1.44. The SMILES string of the molecule is COc1ccccc1NC(=O)C(=O)N/N=C/c1ccc(OCC(=O)Nc2ccc(C)c(C)c2)cc1. The lowest BCUT2D eigenvalue weighted by Crippen LogP contribution is -2.32. The molecule has 0 aliphatic rings. The number of para-hydroxylation sites is 2. The van der Waals surface area contributed by atoms with E-state index in [1.54, 1.807) is 48.5 Å². The first kappa shape index (κ1) is 25.0. The number of benzene rings is 3. The number of carbonyl (C=O) groups excluding carboxylic acids is 3. The monoisotopic (exact) mass is 474 g/mol. The highest BCUT2D eigenvalue weighted by Gasteiger charge is 2.14. The predicted octanol–water partition coefficient (Wildman–Crippen LogP) is 3.42. The van der Waals surface area contributed by atoms with Gasteiger partial charge in [0, 0.05) is 5.69 Å². The van der Waals surface area contributed by atoms with Crippen molar-refractivity contribution in [2.24, 2.45) is 5.10 Å². The van der Waals surface area contributed by atoms with Gasteiger partial charge in [0.15, 0.2) is 6.61 Å². The number of anilines is 2. The molecule has 0 unspecified atom stereocenters. The molecule has 180 valence electrons. The zero-order chi connectivity index (χ0) is 25.2. The number of nitrogens with one attached hydrogen (secondary N) is 3. The molecule has 0 saturated heterocycles. The number of hydrogen-bond donors (Lipinski definition) is 3. The molecule has 0 bridgehead atoms. The number of hydrazone groups is 1. The molecule has 3 aromatic rings. The Labute approximate surface area is 203 Å². The number of aryl methyl sites for hydroxylation is 2. The molecule has 0 heterocycles. The standard InChI is InChI=1S/C26H26N4O5/c1-17-8-11-20(14-18(17)2)28-24(31)16-35-21-12-9-19(10-13-21)15-27-30-26(33)25(32)29-22-6-4-5-7-23(22)34-3/h4-15H,16H2,1-3H3,(H,28,31)(H,29,32)(H,30,33)/b27-15+. The van der Waals surface area contributed by atoms with Crippen LogP contribution in [0.15, 0.2) is 71.8 Å². The van der Waals surface area contributed by atoms with Crippen LogP contribution in [0.3, 0.4) is 0 Å². The fraction of sp³-hybridized carbons (Fsp3) is 0.154. The van der Waals surface area contributed by atoms with Gasteiger partial charge in [-0.2, -0.15) is 5.10 Å². The molecule has 0 saturated carbocycles. The lowest BCUT2D eigenvalue weighted by Gasteiger charge is -2.09. The Morgan fingerprint density at radius 1 is 0.886 bits per heavy atom. The van der Waals surface area contributed by atoms with Crippen LogP contribution in [0.2, 0.25) is 0 Å². The molecule has 0 fully saturated rings. The first-order valence-electron chi connectivity index (χ1n) is 10.7. The van der Waals surface area contributed by atoms with Crippen molar-refractivity contribution in [2.45, 2.75) is 13.8 Å². The normalized spacial score (nSPS) is 10.5. The lowest BCUT2D eigenvalue weighted by molar-refractivity contribution is -0.136. The van der Waals surface area contributed by atoms with Crippen molar-refractivity contribution >= 4 is 35.3 Å². The summed E-state index contributed by atoms with van der Waals surface area (Å²) in [5.41, 5.74) is 6.15. The summed E-state index contributed by atoms with van der Waals surface area (Å²) in [4.78, 5) is 36.1. The fourth-order valence-electron chi connectivity index (χ4n) is 2.96. The van der Waals surface area contributed by atoms with Crippen LogP contribution in [-0.2, 0) is 14.4 Å². The van der Waals surface area contributed by atoms with Gasteiger partial charge in [0.05, 0.1) is 19.0 Å². The largest absolute Gasteiger partial charge is 0.495 e. The summed E-state index contributed by atoms with van der Waals surface area (Å²) in [7, 11) is 1.46. The van der Waals surface area contributed by atoms with Gasteiger partial charge < -0.3 is 20.1 Å². The third-order valence-corrected chi connectivity index (χ3v) is 4.98. The molecule has 0 spiro atoms. The maximum absolute atomic E-state index is 12.1.